The number of aromatic nitrogens is 1. The molecular formula is C18H28N4O3. The minimum absolute atomic E-state index is 0.111. The van der Waals surface area contributed by atoms with Crippen LogP contribution in [0.1, 0.15) is 49.7 Å². The molecule has 1 aliphatic rings. The largest absolute Gasteiger partial charge is 0.369 e. The van der Waals surface area contributed by atoms with E-state index in [9.17, 15) is 14.4 Å². The van der Waals surface area contributed by atoms with Crippen LogP contribution in [-0.4, -0.2) is 47.4 Å². The van der Waals surface area contributed by atoms with Gasteiger partial charge < -0.3 is 16.0 Å². The van der Waals surface area contributed by atoms with Gasteiger partial charge in [-0.25, -0.2) is 0 Å². The second kappa shape index (κ2) is 7.82. The third-order valence-corrected chi connectivity index (χ3v) is 4.79. The van der Waals surface area contributed by atoms with Gasteiger partial charge in [-0.05, 0) is 29.9 Å². The fraction of sp³-hybridized carbons (Fsp3) is 0.611. The van der Waals surface area contributed by atoms with Crippen molar-refractivity contribution in [3.05, 3.63) is 33.7 Å². The highest BCUT2D eigenvalue weighted by Gasteiger charge is 2.36. The molecule has 1 saturated heterocycles. The Morgan fingerprint density at radius 2 is 1.96 bits per heavy atom. The van der Waals surface area contributed by atoms with Crippen molar-refractivity contribution in [1.29, 1.82) is 0 Å². The number of nitrogens with zero attached hydrogens (tertiary/aromatic N) is 1. The molecule has 0 spiro atoms. The number of nitrogens with two attached hydrogens (primary N) is 1. The zero-order valence-corrected chi connectivity index (χ0v) is 15.3. The number of likely N-dealkylation sites (tertiary alicyclic amines) is 1. The summed E-state index contributed by atoms with van der Waals surface area (Å²) in [5.74, 6) is -0.0299. The molecule has 0 bridgehead atoms. The lowest BCUT2D eigenvalue weighted by Gasteiger charge is -2.23. The number of amides is 2. The number of aromatic amines is 1. The van der Waals surface area contributed by atoms with Crippen LogP contribution in [0.25, 0.3) is 0 Å². The maximum atomic E-state index is 12.6. The van der Waals surface area contributed by atoms with Gasteiger partial charge in [-0.15, -0.1) is 0 Å². The van der Waals surface area contributed by atoms with E-state index < -0.39 is 0 Å². The molecule has 1 aromatic heterocycles. The molecule has 2 amide bonds. The summed E-state index contributed by atoms with van der Waals surface area (Å²) in [5.41, 5.74) is 5.81. The Balaban J connectivity index is 2.13. The van der Waals surface area contributed by atoms with E-state index >= 15 is 0 Å². The Kier molecular flexibility index (Phi) is 6.00. The maximum Gasteiger partial charge on any atom is 0.261 e. The summed E-state index contributed by atoms with van der Waals surface area (Å²) in [6.07, 6.45) is 0. The van der Waals surface area contributed by atoms with Gasteiger partial charge in [-0.3, -0.25) is 19.3 Å². The third kappa shape index (κ3) is 4.69. The average Bonchev–Trinajstić information content (AvgIpc) is 2.88. The Hall–Kier alpha value is -2.15. The highest BCUT2D eigenvalue weighted by atomic mass is 16.2. The predicted octanol–water partition coefficient (Wildman–Crippen LogP) is 0.670. The minimum atomic E-state index is -0.381. The van der Waals surface area contributed by atoms with Crippen LogP contribution in [-0.2, 0) is 4.79 Å². The Bertz CT molecular complexity index is 696. The van der Waals surface area contributed by atoms with Gasteiger partial charge in [-0.2, -0.15) is 0 Å². The highest BCUT2D eigenvalue weighted by Crippen LogP contribution is 2.24. The quantitative estimate of drug-likeness (QED) is 0.702. The van der Waals surface area contributed by atoms with Crippen LogP contribution in [0.3, 0.4) is 0 Å². The van der Waals surface area contributed by atoms with Gasteiger partial charge in [0, 0.05) is 24.8 Å². The summed E-state index contributed by atoms with van der Waals surface area (Å²) in [4.78, 5) is 40.6. The van der Waals surface area contributed by atoms with Crippen molar-refractivity contribution in [3.8, 4) is 0 Å². The first-order chi connectivity index (χ1) is 11.7. The van der Waals surface area contributed by atoms with Crippen LogP contribution in [0.5, 0.6) is 0 Å². The number of carbonyl (C=O) groups is 2. The number of carbonyl (C=O) groups excluding carboxylic acids is 2. The molecule has 2 atom stereocenters. The topological polar surface area (TPSA) is 108 Å². The fourth-order valence-electron chi connectivity index (χ4n) is 3.34. The van der Waals surface area contributed by atoms with E-state index in [4.69, 9.17) is 5.73 Å². The van der Waals surface area contributed by atoms with Crippen molar-refractivity contribution in [1.82, 2.24) is 15.2 Å². The molecule has 138 valence electrons. The standard InChI is InChI=1S/C18H28N4O3/c1-10(2)13-7-22(9-16(19)23)8-15(13)21-18(25)12-5-6-14(11(3)4)20-17(12)24/h5-6,10-11,13,15H,7-9H2,1-4H3,(H2,19,23)(H,20,24)(H,21,25)/t13-,15+/m1/s1. The van der Waals surface area contributed by atoms with Crippen molar-refractivity contribution in [2.24, 2.45) is 17.6 Å². The maximum absolute atomic E-state index is 12.6. The number of hydrogen-bond donors (Lipinski definition) is 3. The second-order valence-electron chi connectivity index (χ2n) is 7.46. The van der Waals surface area contributed by atoms with Crippen LogP contribution in [0.15, 0.2) is 16.9 Å². The normalized spacial score (nSPS) is 21.0. The molecule has 7 nitrogen and oxygen atoms in total. The number of primary amides is 1. The molecule has 25 heavy (non-hydrogen) atoms. The van der Waals surface area contributed by atoms with Gasteiger partial charge in [0.15, 0.2) is 0 Å². The zero-order chi connectivity index (χ0) is 18.7. The first-order valence-electron chi connectivity index (χ1n) is 8.73. The molecule has 2 heterocycles. The van der Waals surface area contributed by atoms with Gasteiger partial charge in [0.25, 0.3) is 11.5 Å². The Morgan fingerprint density at radius 3 is 2.48 bits per heavy atom. The smallest absolute Gasteiger partial charge is 0.261 e. The highest BCUT2D eigenvalue weighted by molar-refractivity contribution is 5.94. The summed E-state index contributed by atoms with van der Waals surface area (Å²) in [6.45, 7) is 9.56. The monoisotopic (exact) mass is 348 g/mol. The van der Waals surface area contributed by atoms with Gasteiger partial charge in [0.1, 0.15) is 5.56 Å². The second-order valence-corrected chi connectivity index (χ2v) is 7.46. The summed E-state index contributed by atoms with van der Waals surface area (Å²) in [7, 11) is 0. The molecule has 0 aromatic carbocycles. The summed E-state index contributed by atoms with van der Waals surface area (Å²) >= 11 is 0. The van der Waals surface area contributed by atoms with Crippen LogP contribution >= 0.6 is 0 Å². The number of rotatable bonds is 6. The van der Waals surface area contributed by atoms with Gasteiger partial charge in [0.2, 0.25) is 5.91 Å². The molecule has 4 N–H and O–H groups in total. The van der Waals surface area contributed by atoms with E-state index in [1.807, 2.05) is 18.7 Å². The van der Waals surface area contributed by atoms with Gasteiger partial charge >= 0.3 is 0 Å². The summed E-state index contributed by atoms with van der Waals surface area (Å²) in [5, 5.41) is 2.97. The average molecular weight is 348 g/mol. The lowest BCUT2D eigenvalue weighted by atomic mass is 9.91. The number of H-pyrrole nitrogens is 1. The summed E-state index contributed by atoms with van der Waals surface area (Å²) < 4.78 is 0. The van der Waals surface area contributed by atoms with Gasteiger partial charge in [0.05, 0.1) is 6.54 Å². The van der Waals surface area contributed by atoms with Crippen molar-refractivity contribution in [2.75, 3.05) is 19.6 Å². The molecule has 1 aliphatic heterocycles. The third-order valence-electron chi connectivity index (χ3n) is 4.79. The van der Waals surface area contributed by atoms with Crippen LogP contribution in [0.4, 0.5) is 0 Å². The molecule has 2 rings (SSSR count). The zero-order valence-electron chi connectivity index (χ0n) is 15.3. The number of nitrogens with one attached hydrogen (secondary N) is 2. The first-order valence-corrected chi connectivity index (χ1v) is 8.73. The van der Waals surface area contributed by atoms with Crippen molar-refractivity contribution in [2.45, 2.75) is 39.7 Å². The molecular weight excluding hydrogens is 320 g/mol. The molecule has 0 saturated carbocycles. The number of hydrogen-bond acceptors (Lipinski definition) is 4. The summed E-state index contributed by atoms with van der Waals surface area (Å²) in [6, 6.07) is 3.23. The van der Waals surface area contributed by atoms with Crippen LogP contribution < -0.4 is 16.6 Å². The predicted molar refractivity (Wildman–Crippen MR) is 96.4 cm³/mol. The lowest BCUT2D eigenvalue weighted by molar-refractivity contribution is -0.118. The first kappa shape index (κ1) is 19.2. The van der Waals surface area contributed by atoms with E-state index in [1.54, 1.807) is 12.1 Å². The fourth-order valence-corrected chi connectivity index (χ4v) is 3.34. The van der Waals surface area contributed by atoms with E-state index in [0.29, 0.717) is 19.0 Å². The van der Waals surface area contributed by atoms with Crippen LogP contribution in [0.2, 0.25) is 0 Å². The molecule has 0 aliphatic carbocycles. The molecule has 1 aromatic rings. The van der Waals surface area contributed by atoms with E-state index in [1.165, 1.54) is 0 Å². The number of pyridine rings is 1. The van der Waals surface area contributed by atoms with E-state index in [-0.39, 0.29) is 47.4 Å². The Morgan fingerprint density at radius 1 is 1.28 bits per heavy atom. The molecule has 0 radical (unpaired) electrons. The van der Waals surface area contributed by atoms with Crippen molar-refractivity contribution < 1.29 is 9.59 Å². The van der Waals surface area contributed by atoms with E-state index in [2.05, 4.69) is 24.1 Å². The van der Waals surface area contributed by atoms with E-state index in [0.717, 1.165) is 5.69 Å². The van der Waals surface area contributed by atoms with Gasteiger partial charge in [-0.1, -0.05) is 27.7 Å². The lowest BCUT2D eigenvalue weighted by Crippen LogP contribution is -2.43. The minimum Gasteiger partial charge on any atom is -0.369 e. The van der Waals surface area contributed by atoms with Crippen molar-refractivity contribution in [3.63, 3.8) is 0 Å². The van der Waals surface area contributed by atoms with Crippen molar-refractivity contribution >= 4 is 11.8 Å². The molecule has 0 unspecified atom stereocenters. The Labute approximate surface area is 148 Å². The SMILES string of the molecule is CC(C)c1ccc(C(=O)N[C@H]2CN(CC(N)=O)C[C@@H]2C(C)C)c(=O)[nH]1. The molecule has 7 heteroatoms. The van der Waals surface area contributed by atoms with Crippen LogP contribution in [0, 0.1) is 11.8 Å². The molecule has 1 fully saturated rings.